The Kier molecular flexibility index (Phi) is 4.88. The van der Waals surface area contributed by atoms with Crippen LogP contribution in [0.3, 0.4) is 0 Å². The molecule has 26 heavy (non-hydrogen) atoms. The second-order valence-electron chi connectivity index (χ2n) is 7.22. The molecule has 0 spiro atoms. The highest BCUT2D eigenvalue weighted by molar-refractivity contribution is 5.75. The molecule has 2 heterocycles. The molecule has 1 saturated heterocycles. The highest BCUT2D eigenvalue weighted by Crippen LogP contribution is 2.29. The molecule has 1 aliphatic heterocycles. The molecule has 1 saturated carbocycles. The first-order valence-corrected chi connectivity index (χ1v) is 9.30. The van der Waals surface area contributed by atoms with Gasteiger partial charge in [0.05, 0.1) is 18.3 Å². The predicted octanol–water partition coefficient (Wildman–Crippen LogP) is 2.54. The van der Waals surface area contributed by atoms with E-state index in [1.165, 1.54) is 6.33 Å². The zero-order valence-electron chi connectivity index (χ0n) is 15.0. The Morgan fingerprint density at radius 1 is 1.35 bits per heavy atom. The van der Waals surface area contributed by atoms with Crippen LogP contribution in [0.2, 0.25) is 0 Å². The van der Waals surface area contributed by atoms with Gasteiger partial charge in [-0.25, -0.2) is 14.5 Å². The molecule has 2 atom stereocenters. The van der Waals surface area contributed by atoms with Gasteiger partial charge in [0.2, 0.25) is 0 Å². The summed E-state index contributed by atoms with van der Waals surface area (Å²) in [4.78, 5) is 18.8. The molecular formula is C19H25N5O2. The molecule has 138 valence electrons. The van der Waals surface area contributed by atoms with Crippen LogP contribution in [0.1, 0.15) is 37.8 Å². The SMILES string of the molecule is CC(NC(=O)N(CC1CCOC1)C1CC1)c1ccc(-n2cncn2)cc1. The lowest BCUT2D eigenvalue weighted by atomic mass is 10.1. The smallest absolute Gasteiger partial charge is 0.318 e. The average Bonchev–Trinajstić information content (AvgIpc) is 3.13. The molecule has 2 aromatic rings. The van der Waals surface area contributed by atoms with Crippen LogP contribution in [0, 0.1) is 5.92 Å². The number of amides is 2. The Labute approximate surface area is 153 Å². The minimum absolute atomic E-state index is 0.0345. The number of nitrogens with one attached hydrogen (secondary N) is 1. The number of hydrogen-bond acceptors (Lipinski definition) is 4. The van der Waals surface area contributed by atoms with E-state index in [-0.39, 0.29) is 12.1 Å². The van der Waals surface area contributed by atoms with Crippen molar-refractivity contribution in [1.29, 1.82) is 0 Å². The molecule has 2 amide bonds. The molecule has 1 N–H and O–H groups in total. The zero-order valence-corrected chi connectivity index (χ0v) is 15.0. The number of aromatic nitrogens is 3. The van der Waals surface area contributed by atoms with Crippen molar-refractivity contribution in [1.82, 2.24) is 25.0 Å². The van der Waals surface area contributed by atoms with Crippen molar-refractivity contribution in [2.45, 2.75) is 38.3 Å². The molecule has 0 bridgehead atoms. The first-order valence-electron chi connectivity index (χ1n) is 9.30. The molecule has 0 radical (unpaired) electrons. The van der Waals surface area contributed by atoms with Gasteiger partial charge in [-0.2, -0.15) is 5.10 Å². The monoisotopic (exact) mass is 355 g/mol. The Bertz CT molecular complexity index is 721. The summed E-state index contributed by atoms with van der Waals surface area (Å²) < 4.78 is 7.17. The van der Waals surface area contributed by atoms with Crippen LogP contribution < -0.4 is 5.32 Å². The molecule has 2 unspecified atom stereocenters. The number of hydrogen-bond donors (Lipinski definition) is 1. The van der Waals surface area contributed by atoms with Gasteiger partial charge in [-0.3, -0.25) is 0 Å². The van der Waals surface area contributed by atoms with Gasteiger partial charge in [0.25, 0.3) is 0 Å². The molecule has 4 rings (SSSR count). The first kappa shape index (κ1) is 17.0. The Morgan fingerprint density at radius 3 is 2.77 bits per heavy atom. The average molecular weight is 355 g/mol. The molecule has 1 aromatic carbocycles. The normalized spacial score (nSPS) is 20.7. The van der Waals surface area contributed by atoms with Crippen LogP contribution in [-0.2, 0) is 4.74 Å². The summed E-state index contributed by atoms with van der Waals surface area (Å²) in [5.41, 5.74) is 2.02. The third-order valence-corrected chi connectivity index (χ3v) is 5.14. The Balaban J connectivity index is 1.38. The lowest BCUT2D eigenvalue weighted by molar-refractivity contribution is 0.161. The fraction of sp³-hybridized carbons (Fsp3) is 0.526. The predicted molar refractivity (Wildman–Crippen MR) is 97.0 cm³/mol. The van der Waals surface area contributed by atoms with E-state index in [0.29, 0.717) is 12.0 Å². The number of carbonyl (C=O) groups excluding carboxylic acids is 1. The molecule has 2 fully saturated rings. The van der Waals surface area contributed by atoms with Crippen molar-refractivity contribution in [3.05, 3.63) is 42.5 Å². The van der Waals surface area contributed by atoms with Crippen LogP contribution in [0.4, 0.5) is 4.79 Å². The number of ether oxygens (including phenoxy) is 1. The third-order valence-electron chi connectivity index (χ3n) is 5.14. The highest BCUT2D eigenvalue weighted by Gasteiger charge is 2.35. The van der Waals surface area contributed by atoms with Gasteiger partial charge < -0.3 is 15.0 Å². The van der Waals surface area contributed by atoms with Gasteiger partial charge in [-0.05, 0) is 43.9 Å². The maximum atomic E-state index is 12.8. The van der Waals surface area contributed by atoms with E-state index in [4.69, 9.17) is 4.74 Å². The van der Waals surface area contributed by atoms with Crippen LogP contribution in [-0.4, -0.2) is 51.5 Å². The largest absolute Gasteiger partial charge is 0.381 e. The van der Waals surface area contributed by atoms with E-state index in [1.807, 2.05) is 36.1 Å². The van der Waals surface area contributed by atoms with Crippen LogP contribution in [0.25, 0.3) is 5.69 Å². The molecule has 7 heteroatoms. The van der Waals surface area contributed by atoms with Crippen LogP contribution in [0.5, 0.6) is 0 Å². The van der Waals surface area contributed by atoms with E-state index < -0.39 is 0 Å². The summed E-state index contributed by atoms with van der Waals surface area (Å²) in [7, 11) is 0. The quantitative estimate of drug-likeness (QED) is 0.864. The van der Waals surface area contributed by atoms with Crippen molar-refractivity contribution in [3.8, 4) is 5.69 Å². The number of rotatable bonds is 6. The van der Waals surface area contributed by atoms with Crippen molar-refractivity contribution in [2.24, 2.45) is 5.92 Å². The van der Waals surface area contributed by atoms with Gasteiger partial charge >= 0.3 is 6.03 Å². The van der Waals surface area contributed by atoms with Crippen LogP contribution >= 0.6 is 0 Å². The summed E-state index contributed by atoms with van der Waals surface area (Å²) in [6.45, 7) is 4.41. The molecule has 1 aliphatic carbocycles. The second-order valence-corrected chi connectivity index (χ2v) is 7.22. The van der Waals surface area contributed by atoms with E-state index in [0.717, 1.165) is 50.3 Å². The van der Waals surface area contributed by atoms with Gasteiger partial charge in [-0.15, -0.1) is 0 Å². The van der Waals surface area contributed by atoms with Gasteiger partial charge in [-0.1, -0.05) is 12.1 Å². The molecule has 7 nitrogen and oxygen atoms in total. The Morgan fingerprint density at radius 2 is 2.15 bits per heavy atom. The standard InChI is InChI=1S/C19H25N5O2/c1-14(16-2-4-18(5-3-16)24-13-20-12-21-24)22-19(25)23(17-6-7-17)10-15-8-9-26-11-15/h2-5,12-15,17H,6-11H2,1H3,(H,22,25). The van der Waals surface area contributed by atoms with Gasteiger partial charge in [0.15, 0.2) is 0 Å². The van der Waals surface area contributed by atoms with E-state index >= 15 is 0 Å². The number of nitrogens with zero attached hydrogens (tertiary/aromatic N) is 4. The minimum atomic E-state index is -0.0478. The van der Waals surface area contributed by atoms with Gasteiger partial charge in [0, 0.05) is 25.1 Å². The van der Waals surface area contributed by atoms with Crippen molar-refractivity contribution >= 4 is 6.03 Å². The highest BCUT2D eigenvalue weighted by atomic mass is 16.5. The lowest BCUT2D eigenvalue weighted by Crippen LogP contribution is -2.44. The van der Waals surface area contributed by atoms with Crippen molar-refractivity contribution in [2.75, 3.05) is 19.8 Å². The summed E-state index contributed by atoms with van der Waals surface area (Å²) in [6.07, 6.45) is 6.46. The fourth-order valence-corrected chi connectivity index (χ4v) is 3.40. The number of benzene rings is 1. The van der Waals surface area contributed by atoms with Crippen LogP contribution in [0.15, 0.2) is 36.9 Å². The molecule has 2 aliphatic rings. The van der Waals surface area contributed by atoms with Gasteiger partial charge in [0.1, 0.15) is 12.7 Å². The number of urea groups is 1. The number of carbonyl (C=O) groups is 1. The lowest BCUT2D eigenvalue weighted by Gasteiger charge is -2.27. The van der Waals surface area contributed by atoms with E-state index in [2.05, 4.69) is 15.4 Å². The summed E-state index contributed by atoms with van der Waals surface area (Å²) >= 11 is 0. The minimum Gasteiger partial charge on any atom is -0.381 e. The third kappa shape index (κ3) is 3.88. The van der Waals surface area contributed by atoms with E-state index in [9.17, 15) is 4.79 Å². The summed E-state index contributed by atoms with van der Waals surface area (Å²) in [5.74, 6) is 0.471. The maximum Gasteiger partial charge on any atom is 0.318 e. The topological polar surface area (TPSA) is 72.3 Å². The first-order chi connectivity index (χ1) is 12.7. The van der Waals surface area contributed by atoms with E-state index in [1.54, 1.807) is 11.0 Å². The second kappa shape index (κ2) is 7.45. The zero-order chi connectivity index (χ0) is 17.9. The van der Waals surface area contributed by atoms with Crippen molar-refractivity contribution in [3.63, 3.8) is 0 Å². The van der Waals surface area contributed by atoms with Crippen molar-refractivity contribution < 1.29 is 9.53 Å². The summed E-state index contributed by atoms with van der Waals surface area (Å²) in [5, 5.41) is 7.28. The molecular weight excluding hydrogens is 330 g/mol. The Hall–Kier alpha value is -2.41. The summed E-state index contributed by atoms with van der Waals surface area (Å²) in [6, 6.07) is 8.41. The molecule has 1 aromatic heterocycles. The maximum absolute atomic E-state index is 12.8. The fourth-order valence-electron chi connectivity index (χ4n) is 3.40.